The summed E-state index contributed by atoms with van der Waals surface area (Å²) in [7, 11) is -2.82. The maximum absolute atomic E-state index is 14.5. The molecule has 8 nitrogen and oxygen atoms in total. The lowest BCUT2D eigenvalue weighted by molar-refractivity contribution is -0.140. The molecule has 0 saturated carbocycles. The smallest absolute Gasteiger partial charge is 0.264 e. The Morgan fingerprint density at radius 3 is 2.11 bits per heavy atom. The quantitative estimate of drug-likeness (QED) is 0.172. The fourth-order valence-electron chi connectivity index (χ4n) is 4.79. The van der Waals surface area contributed by atoms with Gasteiger partial charge in [-0.15, -0.1) is 0 Å². The maximum atomic E-state index is 14.5. The summed E-state index contributed by atoms with van der Waals surface area (Å²) in [6.07, 6.45) is 0.836. The number of methoxy groups -OCH3 is 1. The third-order valence-corrected chi connectivity index (χ3v) is 9.62. The van der Waals surface area contributed by atoms with Crippen LogP contribution in [0.4, 0.5) is 10.1 Å². The van der Waals surface area contributed by atoms with E-state index in [1.165, 1.54) is 84.8 Å². The second-order valence-corrected chi connectivity index (χ2v) is 13.1. The molecule has 0 aliphatic rings. The van der Waals surface area contributed by atoms with Crippen LogP contribution < -0.4 is 14.4 Å². The average molecular weight is 666 g/mol. The molecule has 4 aromatic rings. The zero-order valence-corrected chi connectivity index (χ0v) is 27.5. The standard InChI is InChI=1S/C35H37ClFN3O5S/c1-4-25(2)38-35(42)33(22-26-8-6-5-7-9-26)39(23-27-10-14-29(37)15-11-27)34(41)24-40(30-16-12-28(36)13-17-30)46(43,44)32-20-18-31(45-3)19-21-32/h5-21,25,33H,4,22-24H2,1-3H3,(H,38,42)/t25-,33-/m1/s1. The number of halogens is 2. The Hall–Kier alpha value is -4.41. The van der Waals surface area contributed by atoms with Crippen LogP contribution in [0.5, 0.6) is 5.75 Å². The van der Waals surface area contributed by atoms with E-state index in [0.717, 1.165) is 9.87 Å². The zero-order chi connectivity index (χ0) is 33.3. The summed E-state index contributed by atoms with van der Waals surface area (Å²) in [5, 5.41) is 3.38. The molecule has 0 aromatic heterocycles. The van der Waals surface area contributed by atoms with Gasteiger partial charge < -0.3 is 15.0 Å². The van der Waals surface area contributed by atoms with Gasteiger partial charge in [-0.2, -0.15) is 0 Å². The van der Waals surface area contributed by atoms with E-state index < -0.39 is 34.3 Å². The van der Waals surface area contributed by atoms with Gasteiger partial charge in [-0.05, 0) is 85.1 Å². The predicted molar refractivity (Wildman–Crippen MR) is 178 cm³/mol. The molecule has 0 bridgehead atoms. The van der Waals surface area contributed by atoms with Gasteiger partial charge in [-0.25, -0.2) is 12.8 Å². The van der Waals surface area contributed by atoms with E-state index in [0.29, 0.717) is 22.8 Å². The van der Waals surface area contributed by atoms with Crippen LogP contribution in [0.15, 0.2) is 108 Å². The van der Waals surface area contributed by atoms with Crippen molar-refractivity contribution < 1.29 is 27.1 Å². The molecule has 4 rings (SSSR count). The van der Waals surface area contributed by atoms with Gasteiger partial charge >= 0.3 is 0 Å². The Morgan fingerprint density at radius 2 is 1.52 bits per heavy atom. The lowest BCUT2D eigenvalue weighted by Gasteiger charge is -2.34. The lowest BCUT2D eigenvalue weighted by Crippen LogP contribution is -2.54. The first kappa shape index (κ1) is 34.5. The van der Waals surface area contributed by atoms with Crippen molar-refractivity contribution in [1.29, 1.82) is 0 Å². The van der Waals surface area contributed by atoms with Gasteiger partial charge in [0.05, 0.1) is 17.7 Å². The van der Waals surface area contributed by atoms with Gasteiger partial charge in [0, 0.05) is 24.0 Å². The Balaban J connectivity index is 1.80. The van der Waals surface area contributed by atoms with Gasteiger partial charge in [0.15, 0.2) is 0 Å². The van der Waals surface area contributed by atoms with Crippen molar-refractivity contribution in [2.45, 2.75) is 50.2 Å². The van der Waals surface area contributed by atoms with Gasteiger partial charge in [0.2, 0.25) is 11.8 Å². The number of amides is 2. The summed E-state index contributed by atoms with van der Waals surface area (Å²) < 4.78 is 48.2. The van der Waals surface area contributed by atoms with Gasteiger partial charge in [-0.3, -0.25) is 13.9 Å². The van der Waals surface area contributed by atoms with Gasteiger partial charge in [0.25, 0.3) is 10.0 Å². The Labute approximate surface area is 274 Å². The average Bonchev–Trinajstić information content (AvgIpc) is 3.06. The van der Waals surface area contributed by atoms with Crippen molar-refractivity contribution in [1.82, 2.24) is 10.2 Å². The number of sulfonamides is 1. The van der Waals surface area contributed by atoms with Crippen LogP contribution >= 0.6 is 11.6 Å². The number of hydrogen-bond donors (Lipinski definition) is 1. The number of rotatable bonds is 14. The first-order valence-corrected chi connectivity index (χ1v) is 16.6. The monoisotopic (exact) mass is 665 g/mol. The number of nitrogens with zero attached hydrogens (tertiary/aromatic N) is 2. The van der Waals surface area contributed by atoms with Crippen molar-refractivity contribution >= 4 is 39.1 Å². The highest BCUT2D eigenvalue weighted by molar-refractivity contribution is 7.92. The second kappa shape index (κ2) is 15.7. The Morgan fingerprint density at radius 1 is 0.891 bits per heavy atom. The Kier molecular flexibility index (Phi) is 11.8. The minimum Gasteiger partial charge on any atom is -0.497 e. The molecule has 2 atom stereocenters. The number of carbonyl (C=O) groups excluding carboxylic acids is 2. The highest BCUT2D eigenvalue weighted by Crippen LogP contribution is 2.27. The number of hydrogen-bond acceptors (Lipinski definition) is 5. The predicted octanol–water partition coefficient (Wildman–Crippen LogP) is 6.24. The van der Waals surface area contributed by atoms with Gasteiger partial charge in [-0.1, -0.05) is 61.0 Å². The molecule has 11 heteroatoms. The molecule has 1 N–H and O–H groups in total. The van der Waals surface area contributed by atoms with Gasteiger partial charge in [0.1, 0.15) is 24.2 Å². The molecule has 0 aliphatic heterocycles. The lowest BCUT2D eigenvalue weighted by atomic mass is 10.0. The summed E-state index contributed by atoms with van der Waals surface area (Å²) in [4.78, 5) is 29.6. The second-order valence-electron chi connectivity index (χ2n) is 10.8. The highest BCUT2D eigenvalue weighted by Gasteiger charge is 2.35. The summed E-state index contributed by atoms with van der Waals surface area (Å²) >= 11 is 6.12. The third-order valence-electron chi connectivity index (χ3n) is 7.58. The molecule has 4 aromatic carbocycles. The molecule has 0 fully saturated rings. The van der Waals surface area contributed by atoms with Crippen LogP contribution in [-0.4, -0.2) is 50.9 Å². The largest absolute Gasteiger partial charge is 0.497 e. The van der Waals surface area contributed by atoms with Crippen LogP contribution in [0.3, 0.4) is 0 Å². The van der Waals surface area contributed by atoms with E-state index >= 15 is 0 Å². The minimum atomic E-state index is -4.29. The molecule has 2 amide bonds. The van der Waals surface area contributed by atoms with Crippen LogP contribution in [0.2, 0.25) is 5.02 Å². The first-order valence-electron chi connectivity index (χ1n) is 14.8. The normalized spacial score (nSPS) is 12.5. The summed E-state index contributed by atoms with van der Waals surface area (Å²) in [6, 6.07) is 25.6. The molecular formula is C35H37ClFN3O5S. The van der Waals surface area contributed by atoms with E-state index in [4.69, 9.17) is 16.3 Å². The number of benzene rings is 4. The summed E-state index contributed by atoms with van der Waals surface area (Å²) in [6.45, 7) is 3.11. The van der Waals surface area contributed by atoms with Crippen LogP contribution in [0.25, 0.3) is 0 Å². The molecule has 242 valence electrons. The molecule has 0 aliphatic carbocycles. The third kappa shape index (κ3) is 8.86. The summed E-state index contributed by atoms with van der Waals surface area (Å²) in [5.74, 6) is -0.993. The van der Waals surface area contributed by atoms with Crippen LogP contribution in [-0.2, 0) is 32.6 Å². The number of nitrogens with one attached hydrogen (secondary N) is 1. The number of anilines is 1. The zero-order valence-electron chi connectivity index (χ0n) is 25.9. The van der Waals surface area contributed by atoms with Crippen molar-refractivity contribution in [3.05, 3.63) is 125 Å². The highest BCUT2D eigenvalue weighted by atomic mass is 35.5. The van der Waals surface area contributed by atoms with Crippen molar-refractivity contribution in [2.24, 2.45) is 0 Å². The summed E-state index contributed by atoms with van der Waals surface area (Å²) in [5.41, 5.74) is 1.59. The van der Waals surface area contributed by atoms with E-state index in [9.17, 15) is 22.4 Å². The number of ether oxygens (including phenoxy) is 1. The van der Waals surface area contributed by atoms with E-state index in [-0.39, 0.29) is 35.5 Å². The fourth-order valence-corrected chi connectivity index (χ4v) is 6.33. The van der Waals surface area contributed by atoms with E-state index in [1.54, 1.807) is 0 Å². The topological polar surface area (TPSA) is 96.0 Å². The van der Waals surface area contributed by atoms with Crippen LogP contribution in [0.1, 0.15) is 31.4 Å². The SMILES string of the molecule is CC[C@@H](C)NC(=O)[C@@H](Cc1ccccc1)N(Cc1ccc(F)cc1)C(=O)CN(c1ccc(Cl)cc1)S(=O)(=O)c1ccc(OC)cc1. The van der Waals surface area contributed by atoms with E-state index in [2.05, 4.69) is 5.32 Å². The molecule has 0 radical (unpaired) electrons. The van der Waals surface area contributed by atoms with Crippen LogP contribution in [0, 0.1) is 5.82 Å². The molecular weight excluding hydrogens is 629 g/mol. The van der Waals surface area contributed by atoms with Crippen molar-refractivity contribution in [3.8, 4) is 5.75 Å². The molecule has 0 spiro atoms. The molecule has 0 unspecified atom stereocenters. The molecule has 46 heavy (non-hydrogen) atoms. The fraction of sp³-hybridized carbons (Fsp3) is 0.257. The van der Waals surface area contributed by atoms with Crippen molar-refractivity contribution in [3.63, 3.8) is 0 Å². The van der Waals surface area contributed by atoms with Crippen molar-refractivity contribution in [2.75, 3.05) is 18.0 Å². The molecule has 0 saturated heterocycles. The van der Waals surface area contributed by atoms with E-state index in [1.807, 2.05) is 44.2 Å². The Bertz CT molecular complexity index is 1700. The number of carbonyl (C=O) groups is 2. The first-order chi connectivity index (χ1) is 22.0. The molecule has 0 heterocycles. The minimum absolute atomic E-state index is 0.0588. The maximum Gasteiger partial charge on any atom is 0.264 e.